The highest BCUT2D eigenvalue weighted by molar-refractivity contribution is 5.98. The first-order valence-electron chi connectivity index (χ1n) is 10.2. The molecule has 0 heterocycles. The fourth-order valence-electron chi connectivity index (χ4n) is 6.15. The molecule has 2 heteroatoms. The van der Waals surface area contributed by atoms with E-state index in [0.29, 0.717) is 5.78 Å². The molecule has 0 N–H and O–H groups in total. The second-order valence-electron chi connectivity index (χ2n) is 8.66. The summed E-state index contributed by atoms with van der Waals surface area (Å²) in [6.07, 6.45) is 11.6. The van der Waals surface area contributed by atoms with Gasteiger partial charge in [0.1, 0.15) is 0 Å². The highest BCUT2D eigenvalue weighted by atomic mass is 16.1. The summed E-state index contributed by atoms with van der Waals surface area (Å²) in [5.74, 6) is 2.89. The van der Waals surface area contributed by atoms with Crippen LogP contribution in [-0.2, 0) is 4.79 Å². The van der Waals surface area contributed by atoms with E-state index in [9.17, 15) is 4.79 Å². The number of hydrogen-bond donors (Lipinski definition) is 0. The molecule has 1 aromatic rings. The monoisotopic (exact) mass is 337 g/mol. The van der Waals surface area contributed by atoms with Gasteiger partial charge in [-0.25, -0.2) is 0 Å². The predicted octanol–water partition coefficient (Wildman–Crippen LogP) is 5.33. The predicted molar refractivity (Wildman–Crippen MR) is 105 cm³/mol. The third-order valence-corrected chi connectivity index (χ3v) is 7.01. The van der Waals surface area contributed by atoms with Crippen LogP contribution in [0.25, 0.3) is 6.08 Å². The second kappa shape index (κ2) is 6.63. The summed E-state index contributed by atoms with van der Waals surface area (Å²) in [4.78, 5) is 15.4. The van der Waals surface area contributed by atoms with Crippen molar-refractivity contribution in [3.63, 3.8) is 0 Å². The van der Waals surface area contributed by atoms with Crippen LogP contribution in [0, 0.1) is 23.2 Å². The van der Waals surface area contributed by atoms with Gasteiger partial charge in [-0.05, 0) is 93.9 Å². The van der Waals surface area contributed by atoms with Crippen LogP contribution >= 0.6 is 0 Å². The molecule has 5 rings (SSSR count). The number of nitrogens with zero attached hydrogens (tertiary/aromatic N) is 1. The van der Waals surface area contributed by atoms with Gasteiger partial charge >= 0.3 is 0 Å². The molecular weight excluding hydrogens is 306 g/mol. The number of carbonyl (C=O) groups excluding carboxylic acids is 1. The first kappa shape index (κ1) is 16.9. The van der Waals surface area contributed by atoms with Crippen LogP contribution in [0.4, 0.5) is 5.69 Å². The van der Waals surface area contributed by atoms with Gasteiger partial charge in [-0.3, -0.25) is 4.79 Å². The molecule has 0 aromatic heterocycles. The highest BCUT2D eigenvalue weighted by Gasteiger charge is 2.53. The molecule has 0 saturated heterocycles. The summed E-state index contributed by atoms with van der Waals surface area (Å²) in [6.45, 7) is 6.41. The van der Waals surface area contributed by atoms with Gasteiger partial charge < -0.3 is 4.90 Å². The van der Waals surface area contributed by atoms with Crippen molar-refractivity contribution in [2.45, 2.75) is 52.4 Å². The Hall–Kier alpha value is -1.57. The second-order valence-corrected chi connectivity index (χ2v) is 8.66. The Balaban J connectivity index is 1.46. The van der Waals surface area contributed by atoms with Crippen LogP contribution in [0.15, 0.2) is 30.3 Å². The first-order valence-corrected chi connectivity index (χ1v) is 10.2. The Morgan fingerprint density at radius 2 is 1.52 bits per heavy atom. The Labute approximate surface area is 152 Å². The van der Waals surface area contributed by atoms with E-state index in [1.807, 2.05) is 12.2 Å². The maximum Gasteiger partial charge on any atom is 0.161 e. The Morgan fingerprint density at radius 1 is 1.00 bits per heavy atom. The Morgan fingerprint density at radius 3 is 2.00 bits per heavy atom. The summed E-state index contributed by atoms with van der Waals surface area (Å²) in [6, 6.07) is 8.61. The quantitative estimate of drug-likeness (QED) is 0.654. The third kappa shape index (κ3) is 3.16. The maximum atomic E-state index is 13.0. The molecule has 4 bridgehead atoms. The van der Waals surface area contributed by atoms with E-state index in [1.165, 1.54) is 24.9 Å². The number of allylic oxidation sites excluding steroid dienone is 1. The molecular formula is C23H31NO. The Kier molecular flexibility index (Phi) is 4.47. The lowest BCUT2D eigenvalue weighted by atomic mass is 9.48. The van der Waals surface area contributed by atoms with Crippen molar-refractivity contribution in [3.8, 4) is 0 Å². The zero-order valence-electron chi connectivity index (χ0n) is 15.7. The molecule has 0 spiro atoms. The van der Waals surface area contributed by atoms with Gasteiger partial charge in [0.15, 0.2) is 5.78 Å². The highest BCUT2D eigenvalue weighted by Crippen LogP contribution is 2.60. The number of ketones is 1. The third-order valence-electron chi connectivity index (χ3n) is 7.01. The summed E-state index contributed by atoms with van der Waals surface area (Å²) in [7, 11) is 0. The SMILES string of the molecule is CCN(CC)c1ccc(C=CC(=O)C23CC4CC(CC(C4)C2)C3)cc1. The molecule has 4 aliphatic rings. The van der Waals surface area contributed by atoms with Crippen molar-refractivity contribution in [1.82, 2.24) is 0 Å². The fraction of sp³-hybridized carbons (Fsp3) is 0.609. The molecule has 134 valence electrons. The normalized spacial score (nSPS) is 33.1. The molecule has 4 saturated carbocycles. The Bertz CT molecular complexity index is 618. The molecule has 0 atom stereocenters. The smallest absolute Gasteiger partial charge is 0.161 e. The van der Waals surface area contributed by atoms with Gasteiger partial charge in [-0.1, -0.05) is 18.2 Å². The number of carbonyl (C=O) groups is 1. The van der Waals surface area contributed by atoms with Gasteiger partial charge in [0.05, 0.1) is 0 Å². The largest absolute Gasteiger partial charge is 0.372 e. The van der Waals surface area contributed by atoms with Crippen molar-refractivity contribution in [2.75, 3.05) is 18.0 Å². The van der Waals surface area contributed by atoms with E-state index in [1.54, 1.807) is 0 Å². The van der Waals surface area contributed by atoms with E-state index >= 15 is 0 Å². The standard InChI is InChI=1S/C23H31NO/c1-3-24(4-2)21-8-5-17(6-9-21)7-10-22(25)23-14-18-11-19(15-23)13-20(12-18)16-23/h5-10,18-20H,3-4,11-16H2,1-2H3. The van der Waals surface area contributed by atoms with Crippen molar-refractivity contribution in [3.05, 3.63) is 35.9 Å². The molecule has 25 heavy (non-hydrogen) atoms. The van der Waals surface area contributed by atoms with Crippen LogP contribution in [0.2, 0.25) is 0 Å². The van der Waals surface area contributed by atoms with Crippen molar-refractivity contribution in [1.29, 1.82) is 0 Å². The molecule has 4 fully saturated rings. The van der Waals surface area contributed by atoms with Gasteiger partial charge in [0, 0.05) is 24.2 Å². The van der Waals surface area contributed by atoms with Crippen LogP contribution in [-0.4, -0.2) is 18.9 Å². The minimum Gasteiger partial charge on any atom is -0.372 e. The summed E-state index contributed by atoms with van der Waals surface area (Å²) < 4.78 is 0. The molecule has 0 radical (unpaired) electrons. The molecule has 1 aromatic carbocycles. The van der Waals surface area contributed by atoms with Crippen LogP contribution in [0.1, 0.15) is 57.9 Å². The van der Waals surface area contributed by atoms with Crippen molar-refractivity contribution >= 4 is 17.5 Å². The maximum absolute atomic E-state index is 13.0. The fourth-order valence-corrected chi connectivity index (χ4v) is 6.15. The van der Waals surface area contributed by atoms with E-state index < -0.39 is 0 Å². The number of rotatable bonds is 6. The minimum absolute atomic E-state index is 0.00753. The van der Waals surface area contributed by atoms with Gasteiger partial charge in [-0.15, -0.1) is 0 Å². The molecule has 0 aliphatic heterocycles. The van der Waals surface area contributed by atoms with Crippen molar-refractivity contribution in [2.24, 2.45) is 23.2 Å². The van der Waals surface area contributed by atoms with Crippen molar-refractivity contribution < 1.29 is 4.79 Å². The average Bonchev–Trinajstić information content (AvgIpc) is 2.60. The van der Waals surface area contributed by atoms with Crippen LogP contribution in [0.5, 0.6) is 0 Å². The van der Waals surface area contributed by atoms with Gasteiger partial charge in [0.2, 0.25) is 0 Å². The molecule has 0 unspecified atom stereocenters. The van der Waals surface area contributed by atoms with E-state index in [0.717, 1.165) is 55.7 Å². The molecule has 2 nitrogen and oxygen atoms in total. The van der Waals surface area contributed by atoms with E-state index in [-0.39, 0.29) is 5.41 Å². The van der Waals surface area contributed by atoms with Gasteiger partial charge in [0.25, 0.3) is 0 Å². The topological polar surface area (TPSA) is 20.3 Å². The van der Waals surface area contributed by atoms with Crippen LogP contribution in [0.3, 0.4) is 0 Å². The minimum atomic E-state index is -0.00753. The summed E-state index contributed by atoms with van der Waals surface area (Å²) in [5.41, 5.74) is 2.38. The lowest BCUT2D eigenvalue weighted by Crippen LogP contribution is -2.49. The number of benzene rings is 1. The zero-order valence-corrected chi connectivity index (χ0v) is 15.7. The lowest BCUT2D eigenvalue weighted by molar-refractivity contribution is -0.138. The lowest BCUT2D eigenvalue weighted by Gasteiger charge is -2.55. The number of anilines is 1. The summed E-state index contributed by atoms with van der Waals surface area (Å²) >= 11 is 0. The van der Waals surface area contributed by atoms with Gasteiger partial charge in [-0.2, -0.15) is 0 Å². The molecule has 4 aliphatic carbocycles. The molecule has 0 amide bonds. The zero-order chi connectivity index (χ0) is 17.4. The number of hydrogen-bond acceptors (Lipinski definition) is 2. The van der Waals surface area contributed by atoms with Crippen LogP contribution < -0.4 is 4.90 Å². The van der Waals surface area contributed by atoms with E-state index in [4.69, 9.17) is 0 Å². The first-order chi connectivity index (χ1) is 12.1. The van der Waals surface area contributed by atoms with E-state index in [2.05, 4.69) is 43.0 Å². The summed E-state index contributed by atoms with van der Waals surface area (Å²) in [5, 5.41) is 0. The average molecular weight is 338 g/mol.